The van der Waals surface area contributed by atoms with Crippen LogP contribution in [0.5, 0.6) is 11.5 Å². The normalized spacial score (nSPS) is 12.4. The molecule has 3 aromatic rings. The van der Waals surface area contributed by atoms with E-state index < -0.39 is 0 Å². The molecule has 1 amide bonds. The second-order valence-electron chi connectivity index (χ2n) is 6.56. The summed E-state index contributed by atoms with van der Waals surface area (Å²) in [5.41, 5.74) is 4.45. The number of aryl methyl sites for hydroxylation is 1. The molecule has 0 fully saturated rings. The van der Waals surface area contributed by atoms with E-state index in [-0.39, 0.29) is 12.7 Å². The quantitative estimate of drug-likeness (QED) is 0.662. The van der Waals surface area contributed by atoms with Gasteiger partial charge in [0.15, 0.2) is 11.5 Å². The minimum absolute atomic E-state index is 0.106. The molecule has 0 saturated carbocycles. The third kappa shape index (κ3) is 3.64. The van der Waals surface area contributed by atoms with Crippen molar-refractivity contribution in [3.05, 3.63) is 53.7 Å². The molecule has 0 unspecified atom stereocenters. The number of amides is 1. The van der Waals surface area contributed by atoms with Crippen molar-refractivity contribution in [3.8, 4) is 22.6 Å². The second kappa shape index (κ2) is 7.86. The van der Waals surface area contributed by atoms with Crippen LogP contribution in [0.2, 0.25) is 0 Å². The molecular weight excluding hydrogens is 356 g/mol. The predicted octanol–water partition coefficient (Wildman–Crippen LogP) is 3.71. The van der Waals surface area contributed by atoms with Gasteiger partial charge in [-0.3, -0.25) is 9.78 Å². The van der Waals surface area contributed by atoms with Crippen LogP contribution in [0.1, 0.15) is 23.0 Å². The van der Waals surface area contributed by atoms with Gasteiger partial charge >= 0.3 is 0 Å². The summed E-state index contributed by atoms with van der Waals surface area (Å²) in [7, 11) is 0. The minimum atomic E-state index is -0.106. The molecule has 6 heteroatoms. The number of fused-ring (bicyclic) bond motifs is 2. The Hall–Kier alpha value is -3.12. The van der Waals surface area contributed by atoms with Gasteiger partial charge in [-0.15, -0.1) is 0 Å². The molecular formula is C22H22N2O4. The Balaban J connectivity index is 1.62. The first kappa shape index (κ1) is 18.3. The van der Waals surface area contributed by atoms with Crippen molar-refractivity contribution in [2.75, 3.05) is 26.6 Å². The molecule has 1 N–H and O–H groups in total. The van der Waals surface area contributed by atoms with E-state index in [0.717, 1.165) is 39.2 Å². The van der Waals surface area contributed by atoms with Crippen molar-refractivity contribution >= 4 is 16.8 Å². The number of carbonyl (C=O) groups is 1. The molecule has 0 atom stereocenters. The van der Waals surface area contributed by atoms with Gasteiger partial charge in [0, 0.05) is 35.9 Å². The van der Waals surface area contributed by atoms with Crippen LogP contribution >= 0.6 is 0 Å². The van der Waals surface area contributed by atoms with Crippen molar-refractivity contribution in [2.45, 2.75) is 13.8 Å². The lowest BCUT2D eigenvalue weighted by Crippen LogP contribution is -2.27. The van der Waals surface area contributed by atoms with Crippen LogP contribution in [0, 0.1) is 6.92 Å². The number of hydrogen-bond acceptors (Lipinski definition) is 5. The molecule has 1 aliphatic rings. The van der Waals surface area contributed by atoms with E-state index >= 15 is 0 Å². The smallest absolute Gasteiger partial charge is 0.251 e. The van der Waals surface area contributed by atoms with E-state index in [0.29, 0.717) is 25.3 Å². The Bertz CT molecular complexity index is 1020. The van der Waals surface area contributed by atoms with E-state index in [9.17, 15) is 4.79 Å². The molecule has 2 aromatic carbocycles. The summed E-state index contributed by atoms with van der Waals surface area (Å²) in [6.45, 7) is 5.78. The van der Waals surface area contributed by atoms with Crippen molar-refractivity contribution < 1.29 is 19.0 Å². The van der Waals surface area contributed by atoms with Crippen molar-refractivity contribution in [3.63, 3.8) is 0 Å². The van der Waals surface area contributed by atoms with Gasteiger partial charge in [-0.2, -0.15) is 0 Å². The Morgan fingerprint density at radius 3 is 2.64 bits per heavy atom. The third-order valence-electron chi connectivity index (χ3n) is 4.63. The largest absolute Gasteiger partial charge is 0.454 e. The number of nitrogens with one attached hydrogen (secondary N) is 1. The third-order valence-corrected chi connectivity index (χ3v) is 4.63. The van der Waals surface area contributed by atoms with E-state index in [1.165, 1.54) is 0 Å². The van der Waals surface area contributed by atoms with Crippen LogP contribution in [0.15, 0.2) is 42.5 Å². The highest BCUT2D eigenvalue weighted by Crippen LogP contribution is 2.39. The summed E-state index contributed by atoms with van der Waals surface area (Å²) in [5.74, 6) is 1.34. The fourth-order valence-corrected chi connectivity index (χ4v) is 3.27. The van der Waals surface area contributed by atoms with Crippen LogP contribution in [-0.4, -0.2) is 37.4 Å². The molecule has 28 heavy (non-hydrogen) atoms. The number of rotatable bonds is 6. The van der Waals surface area contributed by atoms with Gasteiger partial charge in [0.25, 0.3) is 5.91 Å². The molecule has 0 aliphatic carbocycles. The summed E-state index contributed by atoms with van der Waals surface area (Å²) in [5, 5.41) is 3.85. The lowest BCUT2D eigenvalue weighted by molar-refractivity contribution is 0.0922. The summed E-state index contributed by atoms with van der Waals surface area (Å²) in [6, 6.07) is 13.5. The van der Waals surface area contributed by atoms with Crippen LogP contribution in [-0.2, 0) is 4.74 Å². The SMILES string of the molecule is CCOCCNC(=O)c1ccc(-c2cc(C)nc3cc4c(cc23)OCO4)cc1. The summed E-state index contributed by atoms with van der Waals surface area (Å²) in [6.07, 6.45) is 0. The van der Waals surface area contributed by atoms with Gasteiger partial charge in [0.2, 0.25) is 6.79 Å². The summed E-state index contributed by atoms with van der Waals surface area (Å²) >= 11 is 0. The highest BCUT2D eigenvalue weighted by Gasteiger charge is 2.17. The maximum absolute atomic E-state index is 12.2. The highest BCUT2D eigenvalue weighted by molar-refractivity contribution is 5.98. The Morgan fingerprint density at radius 1 is 1.14 bits per heavy atom. The van der Waals surface area contributed by atoms with Gasteiger partial charge < -0.3 is 19.5 Å². The average molecular weight is 378 g/mol. The van der Waals surface area contributed by atoms with Gasteiger partial charge in [-0.05, 0) is 49.2 Å². The first-order chi connectivity index (χ1) is 13.7. The molecule has 1 aromatic heterocycles. The van der Waals surface area contributed by atoms with Crippen LogP contribution in [0.3, 0.4) is 0 Å². The molecule has 1 aliphatic heterocycles. The highest BCUT2D eigenvalue weighted by atomic mass is 16.7. The van der Waals surface area contributed by atoms with E-state index in [4.69, 9.17) is 14.2 Å². The van der Waals surface area contributed by atoms with Crippen LogP contribution in [0.25, 0.3) is 22.0 Å². The second-order valence-corrected chi connectivity index (χ2v) is 6.56. The van der Waals surface area contributed by atoms with Crippen LogP contribution in [0.4, 0.5) is 0 Å². The minimum Gasteiger partial charge on any atom is -0.454 e. The van der Waals surface area contributed by atoms with Crippen molar-refractivity contribution in [2.24, 2.45) is 0 Å². The zero-order chi connectivity index (χ0) is 19.5. The predicted molar refractivity (Wildman–Crippen MR) is 107 cm³/mol. The lowest BCUT2D eigenvalue weighted by atomic mass is 9.98. The molecule has 2 heterocycles. The fourth-order valence-electron chi connectivity index (χ4n) is 3.27. The summed E-state index contributed by atoms with van der Waals surface area (Å²) in [4.78, 5) is 16.9. The first-order valence-electron chi connectivity index (χ1n) is 9.33. The Kier molecular flexibility index (Phi) is 5.12. The number of aromatic nitrogens is 1. The molecule has 6 nitrogen and oxygen atoms in total. The van der Waals surface area contributed by atoms with Gasteiger partial charge in [0.05, 0.1) is 12.1 Å². The monoisotopic (exact) mass is 378 g/mol. The van der Waals surface area contributed by atoms with E-state index in [1.807, 2.05) is 56.3 Å². The number of benzene rings is 2. The maximum Gasteiger partial charge on any atom is 0.251 e. The van der Waals surface area contributed by atoms with Gasteiger partial charge in [-0.25, -0.2) is 0 Å². The molecule has 0 spiro atoms. The first-order valence-corrected chi connectivity index (χ1v) is 9.33. The molecule has 0 saturated heterocycles. The maximum atomic E-state index is 12.2. The van der Waals surface area contributed by atoms with E-state index in [1.54, 1.807) is 0 Å². The summed E-state index contributed by atoms with van der Waals surface area (Å²) < 4.78 is 16.2. The number of hydrogen-bond donors (Lipinski definition) is 1. The number of ether oxygens (including phenoxy) is 3. The standard InChI is InChI=1S/C22H22N2O4/c1-3-26-9-8-23-22(25)16-6-4-15(5-7-16)17-10-14(2)24-19-12-21-20(11-18(17)19)27-13-28-21/h4-7,10-12H,3,8-9,13H2,1-2H3,(H,23,25). The van der Waals surface area contributed by atoms with Gasteiger partial charge in [0.1, 0.15) is 0 Å². The molecule has 4 rings (SSSR count). The Morgan fingerprint density at radius 2 is 1.89 bits per heavy atom. The van der Waals surface area contributed by atoms with Gasteiger partial charge in [-0.1, -0.05) is 12.1 Å². The zero-order valence-electron chi connectivity index (χ0n) is 16.0. The van der Waals surface area contributed by atoms with Crippen molar-refractivity contribution in [1.29, 1.82) is 0 Å². The topological polar surface area (TPSA) is 69.7 Å². The van der Waals surface area contributed by atoms with E-state index in [2.05, 4.69) is 10.3 Å². The Labute approximate surface area is 163 Å². The molecule has 0 bridgehead atoms. The number of pyridine rings is 1. The zero-order valence-corrected chi connectivity index (χ0v) is 16.0. The lowest BCUT2D eigenvalue weighted by Gasteiger charge is -2.10. The number of nitrogens with zero attached hydrogens (tertiary/aromatic N) is 1. The average Bonchev–Trinajstić information content (AvgIpc) is 3.16. The van der Waals surface area contributed by atoms with Crippen LogP contribution < -0.4 is 14.8 Å². The molecule has 144 valence electrons. The molecule has 0 radical (unpaired) electrons. The van der Waals surface area contributed by atoms with Crippen molar-refractivity contribution in [1.82, 2.24) is 10.3 Å². The fraction of sp³-hybridized carbons (Fsp3) is 0.273. The number of carbonyl (C=O) groups excluding carboxylic acids is 1.